The van der Waals surface area contributed by atoms with Gasteiger partial charge in [-0.2, -0.15) is 0 Å². The van der Waals surface area contributed by atoms with Crippen molar-refractivity contribution in [3.05, 3.63) is 77.9 Å². The summed E-state index contributed by atoms with van der Waals surface area (Å²) in [6.07, 6.45) is 2.63. The van der Waals surface area contributed by atoms with Crippen molar-refractivity contribution in [2.75, 3.05) is 26.2 Å². The summed E-state index contributed by atoms with van der Waals surface area (Å²) in [6, 6.07) is 21.1. The summed E-state index contributed by atoms with van der Waals surface area (Å²) in [4.78, 5) is 38.5. The molecule has 1 aliphatic heterocycles. The van der Waals surface area contributed by atoms with Gasteiger partial charge in [0.15, 0.2) is 0 Å². The molecular formula is C28H32N4O4. The van der Waals surface area contributed by atoms with Crippen LogP contribution < -0.4 is 21.5 Å². The highest BCUT2D eigenvalue weighted by Crippen LogP contribution is 2.27. The van der Waals surface area contributed by atoms with Crippen molar-refractivity contribution in [3.63, 3.8) is 0 Å². The van der Waals surface area contributed by atoms with Crippen LogP contribution in [0.2, 0.25) is 0 Å². The van der Waals surface area contributed by atoms with Gasteiger partial charge in [-0.05, 0) is 54.2 Å². The Kier molecular flexibility index (Phi) is 7.85. The fraction of sp³-hybridized carbons (Fsp3) is 0.321. The Morgan fingerprint density at radius 1 is 1.00 bits per heavy atom. The summed E-state index contributed by atoms with van der Waals surface area (Å²) in [7, 11) is 0. The Bertz CT molecular complexity index is 1250. The number of benzene rings is 3. The molecule has 0 aliphatic carbocycles. The number of hydrogen-bond acceptors (Lipinski definition) is 5. The molecular weight excluding hydrogens is 456 g/mol. The van der Waals surface area contributed by atoms with Crippen molar-refractivity contribution in [3.8, 4) is 5.75 Å². The zero-order valence-corrected chi connectivity index (χ0v) is 20.2. The quantitative estimate of drug-likeness (QED) is 0.357. The van der Waals surface area contributed by atoms with Crippen molar-refractivity contribution in [1.82, 2.24) is 10.2 Å². The van der Waals surface area contributed by atoms with E-state index in [0.29, 0.717) is 50.3 Å². The van der Waals surface area contributed by atoms with E-state index in [1.165, 1.54) is 0 Å². The molecule has 0 bridgehead atoms. The van der Waals surface area contributed by atoms with Crippen LogP contribution in [0.4, 0.5) is 0 Å². The van der Waals surface area contributed by atoms with Gasteiger partial charge in [-0.1, -0.05) is 54.6 Å². The summed E-state index contributed by atoms with van der Waals surface area (Å²) in [5, 5.41) is 4.36. The number of rotatable bonds is 11. The Labute approximate surface area is 210 Å². The number of primary amides is 1. The number of nitrogens with zero attached hydrogens (tertiary/aromatic N) is 1. The number of amides is 3. The van der Waals surface area contributed by atoms with Crippen LogP contribution in [0.15, 0.2) is 66.7 Å². The minimum Gasteiger partial charge on any atom is -0.493 e. The van der Waals surface area contributed by atoms with Crippen molar-refractivity contribution >= 4 is 28.5 Å². The maximum Gasteiger partial charge on any atom is 0.255 e. The molecule has 0 aromatic heterocycles. The van der Waals surface area contributed by atoms with Crippen molar-refractivity contribution in [2.45, 2.75) is 31.2 Å². The van der Waals surface area contributed by atoms with Gasteiger partial charge in [0.2, 0.25) is 11.8 Å². The maximum absolute atomic E-state index is 13.0. The first kappa shape index (κ1) is 25.2. The zero-order chi connectivity index (χ0) is 25.5. The molecule has 0 radical (unpaired) electrons. The van der Waals surface area contributed by atoms with Crippen LogP contribution in [0.3, 0.4) is 0 Å². The predicted octanol–water partition coefficient (Wildman–Crippen LogP) is 2.39. The molecule has 8 nitrogen and oxygen atoms in total. The molecule has 1 heterocycles. The monoisotopic (exact) mass is 488 g/mol. The maximum atomic E-state index is 13.0. The zero-order valence-electron chi connectivity index (χ0n) is 20.2. The number of unbranched alkanes of at least 4 members (excludes halogenated alkanes) is 1. The number of nitrogens with one attached hydrogen (secondary N) is 1. The van der Waals surface area contributed by atoms with Crippen LogP contribution in [0.1, 0.15) is 35.2 Å². The Balaban J connectivity index is 1.31. The van der Waals surface area contributed by atoms with Crippen LogP contribution in [0, 0.1) is 0 Å². The molecule has 5 N–H and O–H groups in total. The molecule has 3 amide bonds. The molecule has 0 unspecified atom stereocenters. The van der Waals surface area contributed by atoms with Crippen molar-refractivity contribution in [1.29, 1.82) is 0 Å². The second kappa shape index (κ2) is 11.2. The van der Waals surface area contributed by atoms with E-state index < -0.39 is 17.4 Å². The van der Waals surface area contributed by atoms with Crippen LogP contribution >= 0.6 is 0 Å². The van der Waals surface area contributed by atoms with E-state index in [-0.39, 0.29) is 12.5 Å². The number of carbonyl (C=O) groups is 3. The first-order valence-corrected chi connectivity index (χ1v) is 12.2. The van der Waals surface area contributed by atoms with Gasteiger partial charge in [0, 0.05) is 13.1 Å². The van der Waals surface area contributed by atoms with E-state index in [0.717, 1.165) is 22.8 Å². The fourth-order valence-electron chi connectivity index (χ4n) is 4.56. The van der Waals surface area contributed by atoms with Crippen LogP contribution in [-0.2, 0) is 16.0 Å². The third kappa shape index (κ3) is 6.01. The molecule has 3 aromatic carbocycles. The summed E-state index contributed by atoms with van der Waals surface area (Å²) < 4.78 is 5.98. The highest BCUT2D eigenvalue weighted by atomic mass is 16.5. The Hall–Kier alpha value is -3.91. The number of ether oxygens (including phenoxy) is 1. The molecule has 1 fully saturated rings. The van der Waals surface area contributed by atoms with Gasteiger partial charge in [0.1, 0.15) is 11.3 Å². The van der Waals surface area contributed by atoms with Crippen molar-refractivity contribution < 1.29 is 19.1 Å². The lowest BCUT2D eigenvalue weighted by Crippen LogP contribution is -2.49. The minimum absolute atomic E-state index is 0.00444. The third-order valence-corrected chi connectivity index (χ3v) is 6.50. The molecule has 36 heavy (non-hydrogen) atoms. The molecule has 4 rings (SSSR count). The number of hydrogen-bond donors (Lipinski definition) is 3. The van der Waals surface area contributed by atoms with Gasteiger partial charge in [0.05, 0.1) is 18.7 Å². The Morgan fingerprint density at radius 2 is 1.69 bits per heavy atom. The number of nitrogens with two attached hydrogens (primary N) is 2. The van der Waals surface area contributed by atoms with Gasteiger partial charge >= 0.3 is 0 Å². The van der Waals surface area contributed by atoms with E-state index in [4.69, 9.17) is 16.2 Å². The average molecular weight is 489 g/mol. The van der Waals surface area contributed by atoms with E-state index in [1.54, 1.807) is 6.07 Å². The number of likely N-dealkylation sites (tertiary alicyclic amines) is 1. The smallest absolute Gasteiger partial charge is 0.255 e. The van der Waals surface area contributed by atoms with E-state index in [9.17, 15) is 14.4 Å². The Morgan fingerprint density at radius 3 is 2.42 bits per heavy atom. The van der Waals surface area contributed by atoms with Gasteiger partial charge in [0.25, 0.3) is 5.91 Å². The SMILES string of the molecule is NC(=O)CNC(=O)c1cc2ccccc2cc1OCCCCN1CC[C@](N)(Cc2ccccc2)C1=O. The second-order valence-corrected chi connectivity index (χ2v) is 9.26. The topological polar surface area (TPSA) is 128 Å². The van der Waals surface area contributed by atoms with Crippen LogP contribution in [-0.4, -0.2) is 54.4 Å². The van der Waals surface area contributed by atoms with Crippen molar-refractivity contribution in [2.24, 2.45) is 11.5 Å². The molecule has 1 saturated heterocycles. The molecule has 3 aromatic rings. The molecule has 0 spiro atoms. The van der Waals surface area contributed by atoms with Crippen LogP contribution in [0.5, 0.6) is 5.75 Å². The summed E-state index contributed by atoms with van der Waals surface area (Å²) in [5.41, 5.74) is 12.2. The third-order valence-electron chi connectivity index (χ3n) is 6.50. The molecule has 1 atom stereocenters. The summed E-state index contributed by atoms with van der Waals surface area (Å²) in [6.45, 7) is 1.40. The highest BCUT2D eigenvalue weighted by Gasteiger charge is 2.42. The standard InChI is InChI=1S/C28H32N4O4/c29-25(33)19-31-26(34)23-16-21-10-4-5-11-22(21)17-24(23)36-15-7-6-13-32-14-12-28(30,27(32)35)18-20-8-2-1-3-9-20/h1-5,8-11,16-17H,6-7,12-15,18-19,30H2,(H2,29,33)(H,31,34)/t28-/m0/s1. The van der Waals surface area contributed by atoms with Gasteiger partial charge in [-0.25, -0.2) is 0 Å². The molecule has 188 valence electrons. The first-order valence-electron chi connectivity index (χ1n) is 12.2. The van der Waals surface area contributed by atoms with Gasteiger partial charge < -0.3 is 26.4 Å². The molecule has 8 heteroatoms. The lowest BCUT2D eigenvalue weighted by Gasteiger charge is -2.23. The molecule has 1 aliphatic rings. The predicted molar refractivity (Wildman–Crippen MR) is 138 cm³/mol. The number of fused-ring (bicyclic) bond motifs is 1. The summed E-state index contributed by atoms with van der Waals surface area (Å²) in [5.74, 6) is -0.602. The average Bonchev–Trinajstić information content (AvgIpc) is 3.15. The second-order valence-electron chi connectivity index (χ2n) is 9.26. The highest BCUT2D eigenvalue weighted by molar-refractivity contribution is 6.02. The summed E-state index contributed by atoms with van der Waals surface area (Å²) >= 11 is 0. The lowest BCUT2D eigenvalue weighted by molar-refractivity contribution is -0.132. The van der Waals surface area contributed by atoms with E-state index in [2.05, 4.69) is 5.32 Å². The lowest BCUT2D eigenvalue weighted by atomic mass is 9.90. The fourth-order valence-corrected chi connectivity index (χ4v) is 4.56. The van der Waals surface area contributed by atoms with Gasteiger partial charge in [-0.15, -0.1) is 0 Å². The van der Waals surface area contributed by atoms with Gasteiger partial charge in [-0.3, -0.25) is 14.4 Å². The first-order chi connectivity index (χ1) is 17.4. The largest absolute Gasteiger partial charge is 0.493 e. The normalized spacial score (nSPS) is 17.4. The van der Waals surface area contributed by atoms with E-state index in [1.807, 2.05) is 65.6 Å². The number of carbonyl (C=O) groups excluding carboxylic acids is 3. The molecule has 0 saturated carbocycles. The van der Waals surface area contributed by atoms with Crippen LogP contribution in [0.25, 0.3) is 10.8 Å². The van der Waals surface area contributed by atoms with E-state index >= 15 is 0 Å². The minimum atomic E-state index is -0.851.